The normalized spacial score (nSPS) is 13.3. The van der Waals surface area contributed by atoms with Crippen LogP contribution in [0.5, 0.6) is 11.9 Å². The molecule has 3 heterocycles. The molecule has 2 amide bonds. The van der Waals surface area contributed by atoms with Gasteiger partial charge in [0.25, 0.3) is 0 Å². The Hall–Kier alpha value is -3.15. The summed E-state index contributed by atoms with van der Waals surface area (Å²) in [5, 5.41) is 5.62. The van der Waals surface area contributed by atoms with Crippen molar-refractivity contribution in [3.8, 4) is 11.9 Å². The lowest BCUT2D eigenvalue weighted by Gasteiger charge is -2.27. The first kappa shape index (κ1) is 22.5. The summed E-state index contributed by atoms with van der Waals surface area (Å²) in [4.78, 5) is 39.9. The number of fused-ring (bicyclic) bond motifs is 1. The molecule has 0 saturated carbocycles. The zero-order valence-corrected chi connectivity index (χ0v) is 19.0. The minimum atomic E-state index is -0.604. The summed E-state index contributed by atoms with van der Waals surface area (Å²) in [7, 11) is 3.04. The Kier molecular flexibility index (Phi) is 6.78. The van der Waals surface area contributed by atoms with Crippen LogP contribution in [0.25, 0.3) is 0 Å². The standard InChI is InChI=1S/C19H26N6O5S/c1-19(2,3)30-15(26)9-20-16(27)24-18-21-11-6-7-25(10-12(11)31-18)13-8-14(28-4)23-17(22-13)29-5/h8H,6-7,9-10H2,1-5H3,(H2,20,21,24,27). The SMILES string of the molecule is COc1cc(N2CCc3nc(NC(=O)NCC(=O)OC(C)(C)C)sc3C2)nc(OC)n1. The zero-order valence-electron chi connectivity index (χ0n) is 18.1. The third-order valence-electron chi connectivity index (χ3n) is 4.15. The second-order valence-corrected chi connectivity index (χ2v) is 8.79. The number of anilines is 2. The van der Waals surface area contributed by atoms with Crippen molar-refractivity contribution in [3.05, 3.63) is 16.6 Å². The highest BCUT2D eigenvalue weighted by atomic mass is 32.1. The Morgan fingerprint density at radius 3 is 2.65 bits per heavy atom. The van der Waals surface area contributed by atoms with Crippen LogP contribution < -0.4 is 25.0 Å². The molecule has 11 nitrogen and oxygen atoms in total. The molecule has 12 heteroatoms. The maximum absolute atomic E-state index is 12.1. The predicted molar refractivity (Wildman–Crippen MR) is 115 cm³/mol. The van der Waals surface area contributed by atoms with E-state index >= 15 is 0 Å². The number of nitrogens with zero attached hydrogens (tertiary/aromatic N) is 4. The molecular weight excluding hydrogens is 424 g/mol. The van der Waals surface area contributed by atoms with Crippen molar-refractivity contribution in [3.63, 3.8) is 0 Å². The number of ether oxygens (including phenoxy) is 3. The molecule has 2 aromatic heterocycles. The summed E-state index contributed by atoms with van der Waals surface area (Å²) >= 11 is 1.38. The van der Waals surface area contributed by atoms with Crippen LogP contribution in [0.2, 0.25) is 0 Å². The van der Waals surface area contributed by atoms with E-state index in [4.69, 9.17) is 14.2 Å². The topological polar surface area (TPSA) is 128 Å². The van der Waals surface area contributed by atoms with Crippen molar-refractivity contribution in [2.75, 3.05) is 37.5 Å². The lowest BCUT2D eigenvalue weighted by Crippen LogP contribution is -2.36. The number of amides is 2. The lowest BCUT2D eigenvalue weighted by atomic mass is 10.2. The Morgan fingerprint density at radius 1 is 1.19 bits per heavy atom. The van der Waals surface area contributed by atoms with Gasteiger partial charge in [0.15, 0.2) is 5.13 Å². The Morgan fingerprint density at radius 2 is 1.97 bits per heavy atom. The highest BCUT2D eigenvalue weighted by Gasteiger charge is 2.24. The number of methoxy groups -OCH3 is 2. The van der Waals surface area contributed by atoms with Crippen molar-refractivity contribution in [2.24, 2.45) is 0 Å². The smallest absolute Gasteiger partial charge is 0.325 e. The Bertz CT molecular complexity index is 936. The highest BCUT2D eigenvalue weighted by Crippen LogP contribution is 2.31. The predicted octanol–water partition coefficient (Wildman–Crippen LogP) is 1.98. The average molecular weight is 451 g/mol. The number of esters is 1. The van der Waals surface area contributed by atoms with Crippen LogP contribution in [0, 0.1) is 0 Å². The van der Waals surface area contributed by atoms with Gasteiger partial charge in [0.2, 0.25) is 5.88 Å². The number of carbonyl (C=O) groups is 2. The molecule has 2 aromatic rings. The lowest BCUT2D eigenvalue weighted by molar-refractivity contribution is -0.153. The van der Waals surface area contributed by atoms with Gasteiger partial charge < -0.3 is 24.4 Å². The molecule has 0 saturated heterocycles. The van der Waals surface area contributed by atoms with Gasteiger partial charge in [0.05, 0.1) is 26.5 Å². The van der Waals surface area contributed by atoms with Crippen LogP contribution in [0.3, 0.4) is 0 Å². The van der Waals surface area contributed by atoms with Crippen molar-refractivity contribution in [1.29, 1.82) is 0 Å². The number of urea groups is 1. The molecule has 0 bridgehead atoms. The first-order valence-corrected chi connectivity index (χ1v) is 10.5. The van der Waals surface area contributed by atoms with Gasteiger partial charge in [-0.05, 0) is 20.8 Å². The molecule has 2 N–H and O–H groups in total. The summed E-state index contributed by atoms with van der Waals surface area (Å²) in [6, 6.07) is 1.46. The molecule has 31 heavy (non-hydrogen) atoms. The quantitative estimate of drug-likeness (QED) is 0.635. The number of nitrogens with one attached hydrogen (secondary N) is 2. The van der Waals surface area contributed by atoms with Gasteiger partial charge >= 0.3 is 18.0 Å². The molecule has 0 radical (unpaired) electrons. The fourth-order valence-corrected chi connectivity index (χ4v) is 3.88. The molecule has 0 fully saturated rings. The van der Waals surface area contributed by atoms with E-state index < -0.39 is 17.6 Å². The molecule has 0 spiro atoms. The van der Waals surface area contributed by atoms with Gasteiger partial charge in [-0.25, -0.2) is 9.78 Å². The molecule has 0 aromatic carbocycles. The van der Waals surface area contributed by atoms with Crippen LogP contribution in [0.4, 0.5) is 15.7 Å². The van der Waals surface area contributed by atoms with Gasteiger partial charge in [-0.2, -0.15) is 9.97 Å². The van der Waals surface area contributed by atoms with Gasteiger partial charge in [-0.1, -0.05) is 11.3 Å². The van der Waals surface area contributed by atoms with E-state index in [-0.39, 0.29) is 12.6 Å². The van der Waals surface area contributed by atoms with Crippen molar-refractivity contribution in [1.82, 2.24) is 20.3 Å². The molecule has 0 atom stereocenters. The van der Waals surface area contributed by atoms with Crippen molar-refractivity contribution >= 4 is 34.3 Å². The largest absolute Gasteiger partial charge is 0.481 e. The summed E-state index contributed by atoms with van der Waals surface area (Å²) in [6.07, 6.45) is 0.696. The maximum Gasteiger partial charge on any atom is 0.325 e. The van der Waals surface area contributed by atoms with Gasteiger partial charge in [-0.3, -0.25) is 10.1 Å². The molecule has 0 unspecified atom stereocenters. The number of hydrogen-bond donors (Lipinski definition) is 2. The fraction of sp³-hybridized carbons (Fsp3) is 0.526. The zero-order chi connectivity index (χ0) is 22.6. The summed E-state index contributed by atoms with van der Waals surface area (Å²) in [5.41, 5.74) is 0.323. The monoisotopic (exact) mass is 450 g/mol. The molecule has 3 rings (SSSR count). The van der Waals surface area contributed by atoms with Crippen LogP contribution in [-0.2, 0) is 22.5 Å². The van der Waals surface area contributed by atoms with Crippen molar-refractivity contribution < 1.29 is 23.8 Å². The Balaban J connectivity index is 1.60. The third kappa shape index (κ3) is 6.17. The summed E-state index contributed by atoms with van der Waals surface area (Å²) in [6.45, 7) is 6.35. The molecular formula is C19H26N6O5S. The van der Waals surface area contributed by atoms with Crippen LogP contribution >= 0.6 is 11.3 Å². The first-order valence-electron chi connectivity index (χ1n) is 9.64. The fourth-order valence-electron chi connectivity index (χ4n) is 2.87. The van der Waals surface area contributed by atoms with E-state index in [9.17, 15) is 9.59 Å². The van der Waals surface area contributed by atoms with E-state index in [0.29, 0.717) is 36.3 Å². The number of thiazole rings is 1. The summed E-state index contributed by atoms with van der Waals surface area (Å²) in [5.74, 6) is 0.598. The molecule has 0 aliphatic carbocycles. The average Bonchev–Trinajstić information content (AvgIpc) is 3.11. The van der Waals surface area contributed by atoms with E-state index in [0.717, 1.165) is 10.6 Å². The van der Waals surface area contributed by atoms with E-state index in [1.54, 1.807) is 26.8 Å². The second-order valence-electron chi connectivity index (χ2n) is 7.71. The summed E-state index contributed by atoms with van der Waals surface area (Å²) < 4.78 is 15.5. The second kappa shape index (κ2) is 9.33. The van der Waals surface area contributed by atoms with Crippen molar-refractivity contribution in [2.45, 2.75) is 39.3 Å². The van der Waals surface area contributed by atoms with Crippen LogP contribution in [0.1, 0.15) is 31.3 Å². The third-order valence-corrected chi connectivity index (χ3v) is 5.15. The number of aromatic nitrogens is 3. The molecule has 1 aliphatic heterocycles. The number of hydrogen-bond acceptors (Lipinski definition) is 10. The van der Waals surface area contributed by atoms with Crippen LogP contribution in [-0.4, -0.2) is 59.9 Å². The Labute approximate surface area is 184 Å². The van der Waals surface area contributed by atoms with Gasteiger partial charge in [0.1, 0.15) is 18.0 Å². The van der Waals surface area contributed by atoms with Gasteiger partial charge in [0, 0.05) is 23.9 Å². The highest BCUT2D eigenvalue weighted by molar-refractivity contribution is 7.15. The van der Waals surface area contributed by atoms with E-state index in [2.05, 4.69) is 30.5 Å². The minimum Gasteiger partial charge on any atom is -0.481 e. The molecule has 168 valence electrons. The van der Waals surface area contributed by atoms with E-state index in [1.165, 1.54) is 25.6 Å². The van der Waals surface area contributed by atoms with E-state index in [1.807, 2.05) is 0 Å². The molecule has 1 aliphatic rings. The minimum absolute atomic E-state index is 0.223. The number of carbonyl (C=O) groups excluding carboxylic acids is 2. The maximum atomic E-state index is 12.1. The van der Waals surface area contributed by atoms with Crippen LogP contribution in [0.15, 0.2) is 6.07 Å². The first-order chi connectivity index (χ1) is 14.7. The number of rotatable bonds is 6. The van der Waals surface area contributed by atoms with Gasteiger partial charge in [-0.15, -0.1) is 0 Å².